The first-order chi connectivity index (χ1) is 5.52. The predicted octanol–water partition coefficient (Wildman–Crippen LogP) is -3.19. The maximum Gasteiger partial charge on any atom is 0.207 e. The number of aliphatic hydroxyl groups is 4. The zero-order valence-corrected chi connectivity index (χ0v) is 6.69. The molecule has 0 unspecified atom stereocenters. The van der Waals surface area contributed by atoms with Gasteiger partial charge in [0.1, 0.15) is 12.7 Å². The Morgan fingerprint density at radius 3 is 2.33 bits per heavy atom. The molecule has 0 heterocycles. The molecule has 0 radical (unpaired) electrons. The summed E-state index contributed by atoms with van der Waals surface area (Å²) < 4.78 is 0. The highest BCUT2D eigenvalue weighted by Crippen LogP contribution is 2.07. The van der Waals surface area contributed by atoms with Gasteiger partial charge < -0.3 is 20.4 Å². The van der Waals surface area contributed by atoms with Gasteiger partial charge in [0.2, 0.25) is 11.5 Å². The number of carbonyl (C=O) groups is 1. The van der Waals surface area contributed by atoms with Crippen LogP contribution in [0.4, 0.5) is 0 Å². The van der Waals surface area contributed by atoms with E-state index in [2.05, 4.69) is 5.32 Å². The summed E-state index contributed by atoms with van der Waals surface area (Å²) in [5, 5.41) is 37.3. The molecule has 5 N–H and O–H groups in total. The summed E-state index contributed by atoms with van der Waals surface area (Å²) in [4.78, 5) is 10.8. The molecule has 0 rings (SSSR count). The van der Waals surface area contributed by atoms with Crippen molar-refractivity contribution in [1.29, 1.82) is 0 Å². The van der Waals surface area contributed by atoms with Crippen molar-refractivity contribution in [3.63, 3.8) is 0 Å². The standard InChI is InChI=1S/C6H13NO5/c1-7-6(12,4(10)2-8)5(11)3-9/h4,7-10,12H,2-3H2,1H3/t4-,6+/m1/s1. The second-order valence-corrected chi connectivity index (χ2v) is 2.30. The van der Waals surface area contributed by atoms with E-state index in [1.807, 2.05) is 0 Å². The van der Waals surface area contributed by atoms with Gasteiger partial charge in [0.25, 0.3) is 0 Å². The fraction of sp³-hybridized carbons (Fsp3) is 0.833. The van der Waals surface area contributed by atoms with Gasteiger partial charge in [0.05, 0.1) is 6.61 Å². The molecule has 0 bridgehead atoms. The fourth-order valence-electron chi connectivity index (χ4n) is 0.745. The molecule has 0 aromatic rings. The Balaban J connectivity index is 4.54. The molecule has 0 fully saturated rings. The zero-order valence-electron chi connectivity index (χ0n) is 6.69. The molecule has 0 saturated carbocycles. The van der Waals surface area contributed by atoms with Crippen molar-refractivity contribution in [3.8, 4) is 0 Å². The molecule has 0 aliphatic carbocycles. The molecule has 72 valence electrons. The Morgan fingerprint density at radius 2 is 2.08 bits per heavy atom. The number of hydrogen-bond donors (Lipinski definition) is 5. The van der Waals surface area contributed by atoms with Crippen LogP contribution in [0.15, 0.2) is 0 Å². The molecule has 0 amide bonds. The van der Waals surface area contributed by atoms with E-state index in [9.17, 15) is 9.90 Å². The molecule has 2 atom stereocenters. The number of Topliss-reactive ketones (excluding diaryl/α,β-unsaturated/α-hetero) is 1. The average molecular weight is 179 g/mol. The minimum absolute atomic E-state index is 0.775. The number of likely N-dealkylation sites (N-methyl/N-ethyl adjacent to an activating group) is 1. The van der Waals surface area contributed by atoms with Crippen LogP contribution in [0, 0.1) is 0 Å². The Morgan fingerprint density at radius 1 is 1.58 bits per heavy atom. The Kier molecular flexibility index (Phi) is 4.29. The zero-order chi connectivity index (χ0) is 9.78. The fourth-order valence-corrected chi connectivity index (χ4v) is 0.745. The lowest BCUT2D eigenvalue weighted by Gasteiger charge is -2.28. The predicted molar refractivity (Wildman–Crippen MR) is 39.2 cm³/mol. The number of hydrogen-bond acceptors (Lipinski definition) is 6. The number of carbonyl (C=O) groups excluding carboxylic acids is 1. The second-order valence-electron chi connectivity index (χ2n) is 2.30. The molecule has 0 aliphatic heterocycles. The molecular weight excluding hydrogens is 166 g/mol. The van der Waals surface area contributed by atoms with Gasteiger partial charge in [-0.2, -0.15) is 0 Å². The quantitative estimate of drug-likeness (QED) is 0.284. The van der Waals surface area contributed by atoms with E-state index in [0.717, 1.165) is 0 Å². The summed E-state index contributed by atoms with van der Waals surface area (Å²) in [6.45, 7) is -1.68. The van der Waals surface area contributed by atoms with Gasteiger partial charge in [-0.05, 0) is 7.05 Å². The lowest BCUT2D eigenvalue weighted by atomic mass is 10.0. The molecule has 0 aromatic heterocycles. The Bertz CT molecular complexity index is 162. The van der Waals surface area contributed by atoms with Crippen LogP contribution >= 0.6 is 0 Å². The van der Waals surface area contributed by atoms with Gasteiger partial charge in [0.15, 0.2) is 0 Å². The number of aliphatic hydroxyl groups excluding tert-OH is 3. The Hall–Kier alpha value is -0.530. The van der Waals surface area contributed by atoms with Gasteiger partial charge in [-0.25, -0.2) is 0 Å². The first-order valence-corrected chi connectivity index (χ1v) is 3.37. The molecule has 6 heteroatoms. The molecule has 6 nitrogen and oxygen atoms in total. The monoisotopic (exact) mass is 179 g/mol. The van der Waals surface area contributed by atoms with E-state index in [-0.39, 0.29) is 0 Å². The first kappa shape index (κ1) is 11.5. The van der Waals surface area contributed by atoms with Crippen LogP contribution in [-0.4, -0.2) is 58.3 Å². The normalized spacial score (nSPS) is 18.4. The van der Waals surface area contributed by atoms with E-state index >= 15 is 0 Å². The van der Waals surface area contributed by atoms with Crippen molar-refractivity contribution < 1.29 is 25.2 Å². The van der Waals surface area contributed by atoms with Crippen LogP contribution in [0.25, 0.3) is 0 Å². The SMILES string of the molecule is CN[C@@](O)(C(=O)CO)[C@H](O)CO. The first-order valence-electron chi connectivity index (χ1n) is 3.37. The van der Waals surface area contributed by atoms with Crippen molar-refractivity contribution in [1.82, 2.24) is 5.32 Å². The largest absolute Gasteiger partial charge is 0.393 e. The van der Waals surface area contributed by atoms with Crippen LogP contribution in [0.3, 0.4) is 0 Å². The molecule has 0 aliphatic rings. The van der Waals surface area contributed by atoms with E-state index < -0.39 is 30.8 Å². The second kappa shape index (κ2) is 4.48. The number of nitrogens with one attached hydrogen (secondary N) is 1. The van der Waals surface area contributed by atoms with Crippen molar-refractivity contribution >= 4 is 5.78 Å². The summed E-state index contributed by atoms with van der Waals surface area (Å²) >= 11 is 0. The van der Waals surface area contributed by atoms with Gasteiger partial charge in [-0.3, -0.25) is 10.1 Å². The summed E-state index contributed by atoms with van der Waals surface area (Å²) in [5.41, 5.74) is -2.27. The van der Waals surface area contributed by atoms with E-state index in [1.165, 1.54) is 7.05 Å². The van der Waals surface area contributed by atoms with Crippen molar-refractivity contribution in [2.45, 2.75) is 11.8 Å². The smallest absolute Gasteiger partial charge is 0.207 e. The number of ketones is 1. The minimum atomic E-state index is -2.27. The maximum atomic E-state index is 10.8. The van der Waals surface area contributed by atoms with Gasteiger partial charge >= 0.3 is 0 Å². The van der Waals surface area contributed by atoms with Crippen molar-refractivity contribution in [2.24, 2.45) is 0 Å². The van der Waals surface area contributed by atoms with Gasteiger partial charge in [0, 0.05) is 0 Å². The highest BCUT2D eigenvalue weighted by Gasteiger charge is 2.40. The van der Waals surface area contributed by atoms with Crippen LogP contribution in [-0.2, 0) is 4.79 Å². The van der Waals surface area contributed by atoms with Crippen molar-refractivity contribution in [3.05, 3.63) is 0 Å². The third kappa shape index (κ3) is 1.99. The van der Waals surface area contributed by atoms with Gasteiger partial charge in [-0.15, -0.1) is 0 Å². The van der Waals surface area contributed by atoms with Crippen LogP contribution in [0.2, 0.25) is 0 Å². The van der Waals surface area contributed by atoms with Crippen molar-refractivity contribution in [2.75, 3.05) is 20.3 Å². The summed E-state index contributed by atoms with van der Waals surface area (Å²) in [6, 6.07) is 0. The van der Waals surface area contributed by atoms with E-state index in [0.29, 0.717) is 0 Å². The highest BCUT2D eigenvalue weighted by atomic mass is 16.4. The topological polar surface area (TPSA) is 110 Å². The van der Waals surface area contributed by atoms with Crippen LogP contribution in [0.5, 0.6) is 0 Å². The third-order valence-corrected chi connectivity index (χ3v) is 1.61. The summed E-state index contributed by atoms with van der Waals surface area (Å²) in [7, 11) is 1.23. The minimum Gasteiger partial charge on any atom is -0.393 e. The molecule has 0 aromatic carbocycles. The highest BCUT2D eigenvalue weighted by molar-refractivity contribution is 5.88. The third-order valence-electron chi connectivity index (χ3n) is 1.61. The van der Waals surface area contributed by atoms with E-state index in [1.54, 1.807) is 0 Å². The number of rotatable bonds is 5. The molecule has 0 saturated heterocycles. The molecule has 12 heavy (non-hydrogen) atoms. The van der Waals surface area contributed by atoms with E-state index in [4.69, 9.17) is 15.3 Å². The lowest BCUT2D eigenvalue weighted by Crippen LogP contribution is -2.61. The molecular formula is C6H13NO5. The van der Waals surface area contributed by atoms with Crippen LogP contribution < -0.4 is 5.32 Å². The summed E-state index contributed by atoms with van der Waals surface area (Å²) in [5.74, 6) is -0.994. The average Bonchev–Trinajstić information content (AvgIpc) is 2.13. The maximum absolute atomic E-state index is 10.8. The van der Waals surface area contributed by atoms with Gasteiger partial charge in [-0.1, -0.05) is 0 Å². The lowest BCUT2D eigenvalue weighted by molar-refractivity contribution is -0.162. The van der Waals surface area contributed by atoms with Crippen LogP contribution in [0.1, 0.15) is 0 Å². The summed E-state index contributed by atoms with van der Waals surface area (Å²) in [6.07, 6.45) is -1.65. The molecule has 0 spiro atoms. The Labute approximate surface area is 69.5 Å².